The number of aryl methyl sites for hydroxylation is 1. The predicted molar refractivity (Wildman–Crippen MR) is 107 cm³/mol. The van der Waals surface area contributed by atoms with E-state index in [1.54, 1.807) is 43.5 Å². The molecule has 0 bridgehead atoms. The largest absolute Gasteiger partial charge is 0.497 e. The minimum absolute atomic E-state index is 0.0760. The zero-order chi connectivity index (χ0) is 20.2. The summed E-state index contributed by atoms with van der Waals surface area (Å²) in [5.41, 5.74) is 1.39. The van der Waals surface area contributed by atoms with E-state index < -0.39 is 16.0 Å². The molecule has 0 fully saturated rings. The van der Waals surface area contributed by atoms with E-state index in [9.17, 15) is 13.2 Å². The van der Waals surface area contributed by atoms with Gasteiger partial charge in [-0.1, -0.05) is 29.8 Å². The van der Waals surface area contributed by atoms with Crippen LogP contribution in [0.4, 0.5) is 0 Å². The van der Waals surface area contributed by atoms with Crippen molar-refractivity contribution >= 4 is 36.4 Å². The first-order valence-electron chi connectivity index (χ1n) is 7.90. The molecule has 0 heterocycles. The van der Waals surface area contributed by atoms with Crippen LogP contribution in [0.2, 0.25) is 0 Å². The summed E-state index contributed by atoms with van der Waals surface area (Å²) in [5.74, 6) is -0.143. The molecule has 2 rings (SSSR count). The molecule has 144 valence electrons. The Bertz CT molecular complexity index is 951. The summed E-state index contributed by atoms with van der Waals surface area (Å²) < 4.78 is 37.1. The van der Waals surface area contributed by atoms with E-state index in [1.165, 1.54) is 26.3 Å². The molecule has 0 unspecified atom stereocenters. The first-order chi connectivity index (χ1) is 12.7. The maximum Gasteiger partial charge on any atom is 0.356 e. The molecule has 0 saturated carbocycles. The number of nitrogens with zero attached hydrogens (tertiary/aromatic N) is 1. The fourth-order valence-corrected chi connectivity index (χ4v) is 4.33. The molecule has 0 radical (unpaired) electrons. The molecule has 0 aliphatic rings. The van der Waals surface area contributed by atoms with E-state index in [2.05, 4.69) is 15.9 Å². The molecule has 0 aliphatic carbocycles. The van der Waals surface area contributed by atoms with Gasteiger partial charge in [0, 0.05) is 7.05 Å². The Morgan fingerprint density at radius 2 is 1.56 bits per heavy atom. The summed E-state index contributed by atoms with van der Waals surface area (Å²) in [6.45, 7) is 1.86. The van der Waals surface area contributed by atoms with Gasteiger partial charge in [0.25, 0.3) is 10.0 Å². The molecule has 0 aromatic heterocycles. The van der Waals surface area contributed by atoms with Gasteiger partial charge in [-0.25, -0.2) is 13.2 Å². The number of methoxy groups -OCH3 is 2. The zero-order valence-corrected chi connectivity index (χ0v) is 17.8. The Morgan fingerprint density at radius 3 is 2.04 bits per heavy atom. The molecule has 2 aromatic carbocycles. The fraction of sp³-hybridized carbons (Fsp3) is 0.211. The second-order valence-corrected chi connectivity index (χ2v) is 8.43. The highest BCUT2D eigenvalue weighted by Gasteiger charge is 2.30. The van der Waals surface area contributed by atoms with E-state index in [0.29, 0.717) is 11.3 Å². The van der Waals surface area contributed by atoms with Gasteiger partial charge in [0.2, 0.25) is 0 Å². The van der Waals surface area contributed by atoms with Gasteiger partial charge in [-0.15, -0.1) is 0 Å². The van der Waals surface area contributed by atoms with Crippen molar-refractivity contribution in [2.45, 2.75) is 11.8 Å². The molecule has 2 aromatic rings. The third-order valence-electron chi connectivity index (χ3n) is 3.92. The minimum Gasteiger partial charge on any atom is -0.497 e. The number of carbonyl (C=O) groups is 1. The standard InChI is InChI=1S/C19H20BrNO5S/c1-13-5-11-16(12-6-13)27(23,24)21(2)18(19(22)26-4)17(20)14-7-9-15(25-3)10-8-14/h5-12H,1-4H3/b18-17+. The van der Waals surface area contributed by atoms with Crippen LogP contribution in [0.3, 0.4) is 0 Å². The minimum atomic E-state index is -3.96. The van der Waals surface area contributed by atoms with Gasteiger partial charge < -0.3 is 9.47 Å². The van der Waals surface area contributed by atoms with Crippen LogP contribution in [0.15, 0.2) is 59.1 Å². The molecule has 0 amide bonds. The summed E-state index contributed by atoms with van der Waals surface area (Å²) in [4.78, 5) is 12.5. The molecule has 0 spiro atoms. The van der Waals surface area contributed by atoms with Gasteiger partial charge >= 0.3 is 5.97 Å². The van der Waals surface area contributed by atoms with E-state index in [-0.39, 0.29) is 15.1 Å². The number of rotatable bonds is 6. The van der Waals surface area contributed by atoms with E-state index in [4.69, 9.17) is 9.47 Å². The molecule has 0 N–H and O–H groups in total. The number of hydrogen-bond donors (Lipinski definition) is 0. The Labute approximate surface area is 167 Å². The number of likely N-dealkylation sites (N-methyl/N-ethyl adjacent to an activating group) is 1. The van der Waals surface area contributed by atoms with Crippen molar-refractivity contribution in [3.8, 4) is 5.75 Å². The van der Waals surface area contributed by atoms with Gasteiger partial charge in [0.15, 0.2) is 5.70 Å². The summed E-state index contributed by atoms with van der Waals surface area (Å²) >= 11 is 3.35. The number of ether oxygens (including phenoxy) is 2. The number of carbonyl (C=O) groups excluding carboxylic acids is 1. The van der Waals surface area contributed by atoms with Gasteiger partial charge in [0.05, 0.1) is 23.6 Å². The van der Waals surface area contributed by atoms with Crippen molar-refractivity contribution in [2.75, 3.05) is 21.3 Å². The van der Waals surface area contributed by atoms with Crippen LogP contribution in [0.5, 0.6) is 5.75 Å². The molecular weight excluding hydrogens is 434 g/mol. The Hall–Kier alpha value is -2.32. The van der Waals surface area contributed by atoms with E-state index >= 15 is 0 Å². The molecule has 27 heavy (non-hydrogen) atoms. The maximum atomic E-state index is 13.0. The van der Waals surface area contributed by atoms with Crippen molar-refractivity contribution in [1.82, 2.24) is 4.31 Å². The first-order valence-corrected chi connectivity index (χ1v) is 10.1. The van der Waals surface area contributed by atoms with Gasteiger partial charge in [0.1, 0.15) is 5.75 Å². The lowest BCUT2D eigenvalue weighted by atomic mass is 10.2. The summed E-state index contributed by atoms with van der Waals surface area (Å²) in [6, 6.07) is 13.2. The molecule has 8 heteroatoms. The SMILES string of the molecule is COC(=O)/C(=C(\Br)c1ccc(OC)cc1)N(C)S(=O)(=O)c1ccc(C)cc1. The van der Waals surface area contributed by atoms with E-state index in [0.717, 1.165) is 9.87 Å². The number of sulfonamides is 1. The maximum absolute atomic E-state index is 13.0. The summed E-state index contributed by atoms with van der Waals surface area (Å²) in [6.07, 6.45) is 0. The first kappa shape index (κ1) is 21.0. The monoisotopic (exact) mass is 453 g/mol. The third-order valence-corrected chi connectivity index (χ3v) is 6.53. The summed E-state index contributed by atoms with van der Waals surface area (Å²) in [7, 11) is 0.0965. The van der Waals surface area contributed by atoms with Crippen molar-refractivity contribution in [3.63, 3.8) is 0 Å². The van der Waals surface area contributed by atoms with Crippen molar-refractivity contribution in [1.29, 1.82) is 0 Å². The Balaban J connectivity index is 2.57. The molecular formula is C19H20BrNO5S. The van der Waals surface area contributed by atoms with E-state index in [1.807, 2.05) is 6.92 Å². The Morgan fingerprint density at radius 1 is 1.00 bits per heavy atom. The highest BCUT2D eigenvalue weighted by atomic mass is 79.9. The van der Waals surface area contributed by atoms with Crippen LogP contribution < -0.4 is 4.74 Å². The normalized spacial score (nSPS) is 12.2. The van der Waals surface area contributed by atoms with Gasteiger partial charge in [-0.2, -0.15) is 0 Å². The van der Waals surface area contributed by atoms with Crippen LogP contribution >= 0.6 is 15.9 Å². The molecule has 0 aliphatic heterocycles. The quantitative estimate of drug-likeness (QED) is 0.493. The lowest BCUT2D eigenvalue weighted by Gasteiger charge is -2.22. The Kier molecular flexibility index (Phi) is 6.67. The van der Waals surface area contributed by atoms with Crippen molar-refractivity contribution < 1.29 is 22.7 Å². The average molecular weight is 454 g/mol. The number of benzene rings is 2. The van der Waals surface area contributed by atoms with Crippen LogP contribution in [0, 0.1) is 6.92 Å². The zero-order valence-electron chi connectivity index (χ0n) is 15.4. The average Bonchev–Trinajstić information content (AvgIpc) is 2.68. The number of halogens is 1. The molecule has 0 saturated heterocycles. The highest BCUT2D eigenvalue weighted by molar-refractivity contribution is 9.15. The molecule has 0 atom stereocenters. The smallest absolute Gasteiger partial charge is 0.356 e. The molecule has 6 nitrogen and oxygen atoms in total. The lowest BCUT2D eigenvalue weighted by molar-refractivity contribution is -0.137. The number of hydrogen-bond acceptors (Lipinski definition) is 5. The van der Waals surface area contributed by atoms with Crippen LogP contribution in [-0.2, 0) is 19.6 Å². The van der Waals surface area contributed by atoms with Gasteiger partial charge in [-0.05, 0) is 52.7 Å². The van der Waals surface area contributed by atoms with Crippen LogP contribution in [-0.4, -0.2) is 40.0 Å². The topological polar surface area (TPSA) is 72.9 Å². The van der Waals surface area contributed by atoms with Gasteiger partial charge in [-0.3, -0.25) is 4.31 Å². The second kappa shape index (κ2) is 8.58. The van der Waals surface area contributed by atoms with Crippen LogP contribution in [0.25, 0.3) is 4.48 Å². The third kappa shape index (κ3) is 4.51. The van der Waals surface area contributed by atoms with Crippen molar-refractivity contribution in [2.24, 2.45) is 0 Å². The lowest BCUT2D eigenvalue weighted by Crippen LogP contribution is -2.31. The van der Waals surface area contributed by atoms with Crippen LogP contribution in [0.1, 0.15) is 11.1 Å². The summed E-state index contributed by atoms with van der Waals surface area (Å²) in [5, 5.41) is 0. The number of esters is 1. The fourth-order valence-electron chi connectivity index (χ4n) is 2.32. The predicted octanol–water partition coefficient (Wildman–Crippen LogP) is 3.56. The van der Waals surface area contributed by atoms with Crippen molar-refractivity contribution in [3.05, 3.63) is 65.4 Å². The second-order valence-electron chi connectivity index (χ2n) is 5.67. The highest BCUT2D eigenvalue weighted by Crippen LogP contribution is 2.31.